The van der Waals surface area contributed by atoms with Gasteiger partial charge < -0.3 is 5.32 Å². The Hall–Kier alpha value is -3.04. The number of hydrogen-bond donors (Lipinski definition) is 1. The molecule has 10 heteroatoms. The number of hydrogen-bond acceptors (Lipinski definition) is 3. The van der Waals surface area contributed by atoms with E-state index in [4.69, 9.17) is 11.6 Å². The maximum absolute atomic E-state index is 13.5. The summed E-state index contributed by atoms with van der Waals surface area (Å²) in [7, 11) is -4.39. The zero-order valence-electron chi connectivity index (χ0n) is 18.6. The normalized spacial score (nSPS) is 11.9. The van der Waals surface area contributed by atoms with Gasteiger partial charge in [-0.3, -0.25) is 9.10 Å². The van der Waals surface area contributed by atoms with Gasteiger partial charge in [-0.05, 0) is 62.2 Å². The molecule has 0 aromatic heterocycles. The largest absolute Gasteiger partial charge is 0.417 e. The van der Waals surface area contributed by atoms with E-state index < -0.39 is 39.2 Å². The minimum Gasteiger partial charge on any atom is -0.324 e. The first-order valence-electron chi connectivity index (χ1n) is 10.1. The van der Waals surface area contributed by atoms with Crippen LogP contribution >= 0.6 is 11.6 Å². The Morgan fingerprint density at radius 1 is 0.971 bits per heavy atom. The van der Waals surface area contributed by atoms with Gasteiger partial charge >= 0.3 is 6.18 Å². The van der Waals surface area contributed by atoms with Crippen LogP contribution in [0.15, 0.2) is 65.6 Å². The lowest BCUT2D eigenvalue weighted by Gasteiger charge is -2.25. The lowest BCUT2D eigenvalue weighted by Crippen LogP contribution is -2.38. The molecule has 0 aliphatic heterocycles. The first-order valence-corrected chi connectivity index (χ1v) is 11.9. The van der Waals surface area contributed by atoms with Crippen molar-refractivity contribution in [2.45, 2.75) is 31.8 Å². The number of carbonyl (C=O) groups is 1. The van der Waals surface area contributed by atoms with Crippen LogP contribution in [0.4, 0.5) is 24.5 Å². The van der Waals surface area contributed by atoms with Crippen molar-refractivity contribution >= 4 is 38.9 Å². The van der Waals surface area contributed by atoms with Crippen molar-refractivity contribution in [1.82, 2.24) is 0 Å². The molecule has 0 spiro atoms. The van der Waals surface area contributed by atoms with E-state index in [0.29, 0.717) is 16.1 Å². The molecule has 0 saturated carbocycles. The minimum atomic E-state index is -4.81. The standard InChI is InChI=1S/C24H22ClF3N2O3S/c1-15-7-10-19(11-8-15)34(32,33)30(18-9-12-21(25)20(13-18)24(26,27)28)14-22(31)29-23-16(2)5-4-6-17(23)3/h4-13H,14H2,1-3H3,(H,29,31). The van der Waals surface area contributed by atoms with E-state index in [1.807, 2.05) is 0 Å². The third-order valence-corrected chi connectivity index (χ3v) is 7.30. The predicted molar refractivity (Wildman–Crippen MR) is 127 cm³/mol. The molecule has 0 atom stereocenters. The maximum Gasteiger partial charge on any atom is 0.417 e. The van der Waals surface area contributed by atoms with Crippen LogP contribution in [-0.4, -0.2) is 20.9 Å². The number of alkyl halides is 3. The van der Waals surface area contributed by atoms with E-state index in [1.165, 1.54) is 12.1 Å². The quantitative estimate of drug-likeness (QED) is 0.434. The molecule has 3 rings (SSSR count). The molecular weight excluding hydrogens is 489 g/mol. The van der Waals surface area contributed by atoms with Gasteiger partial charge in [-0.25, -0.2) is 8.42 Å². The Kier molecular flexibility index (Phi) is 7.28. The molecule has 0 aliphatic rings. The van der Waals surface area contributed by atoms with Crippen LogP contribution in [0, 0.1) is 20.8 Å². The maximum atomic E-state index is 13.5. The predicted octanol–water partition coefficient (Wildman–Crippen LogP) is 6.12. The van der Waals surface area contributed by atoms with Gasteiger partial charge in [-0.15, -0.1) is 0 Å². The molecular formula is C24H22ClF3N2O3S. The fourth-order valence-electron chi connectivity index (χ4n) is 3.36. The summed E-state index contributed by atoms with van der Waals surface area (Å²) in [6.07, 6.45) is -4.81. The number of halogens is 4. The van der Waals surface area contributed by atoms with Crippen LogP contribution < -0.4 is 9.62 Å². The fourth-order valence-corrected chi connectivity index (χ4v) is 5.00. The van der Waals surface area contributed by atoms with Gasteiger partial charge in [-0.1, -0.05) is 47.5 Å². The molecule has 1 amide bonds. The molecule has 3 aromatic rings. The van der Waals surface area contributed by atoms with Crippen molar-refractivity contribution in [3.63, 3.8) is 0 Å². The molecule has 0 aliphatic carbocycles. The van der Waals surface area contributed by atoms with Crippen molar-refractivity contribution in [1.29, 1.82) is 0 Å². The highest BCUT2D eigenvalue weighted by Gasteiger charge is 2.35. The van der Waals surface area contributed by atoms with E-state index in [2.05, 4.69) is 5.32 Å². The van der Waals surface area contributed by atoms with Gasteiger partial charge in [0.1, 0.15) is 6.54 Å². The van der Waals surface area contributed by atoms with Crippen LogP contribution in [0.1, 0.15) is 22.3 Å². The van der Waals surface area contributed by atoms with Crippen LogP contribution in [0.25, 0.3) is 0 Å². The molecule has 0 bridgehead atoms. The molecule has 0 heterocycles. The third kappa shape index (κ3) is 5.53. The number of amides is 1. The van der Waals surface area contributed by atoms with Crippen LogP contribution in [0.3, 0.4) is 0 Å². The number of anilines is 2. The van der Waals surface area contributed by atoms with E-state index in [-0.39, 0.29) is 10.6 Å². The molecule has 0 saturated heterocycles. The zero-order valence-corrected chi connectivity index (χ0v) is 20.1. The summed E-state index contributed by atoms with van der Waals surface area (Å²) in [6.45, 7) is 4.57. The Morgan fingerprint density at radius 3 is 2.12 bits per heavy atom. The molecule has 0 fully saturated rings. The summed E-state index contributed by atoms with van der Waals surface area (Å²) >= 11 is 5.71. The molecule has 3 aromatic carbocycles. The van der Waals surface area contributed by atoms with Crippen molar-refractivity contribution in [3.05, 3.63) is 87.9 Å². The van der Waals surface area contributed by atoms with E-state index in [1.54, 1.807) is 51.1 Å². The molecule has 34 heavy (non-hydrogen) atoms. The highest BCUT2D eigenvalue weighted by molar-refractivity contribution is 7.92. The summed E-state index contributed by atoms with van der Waals surface area (Å²) in [6, 6.07) is 13.9. The van der Waals surface area contributed by atoms with Gasteiger partial charge in [0, 0.05) is 5.69 Å². The average Bonchev–Trinajstić information content (AvgIpc) is 2.75. The van der Waals surface area contributed by atoms with Gasteiger partial charge in [0.15, 0.2) is 0 Å². The number of sulfonamides is 1. The Labute approximate surface area is 201 Å². The second-order valence-corrected chi connectivity index (χ2v) is 10.1. The van der Waals surface area contributed by atoms with Crippen LogP contribution in [0.2, 0.25) is 5.02 Å². The van der Waals surface area contributed by atoms with E-state index in [9.17, 15) is 26.4 Å². The number of benzene rings is 3. The lowest BCUT2D eigenvalue weighted by molar-refractivity contribution is -0.137. The number of aryl methyl sites for hydroxylation is 3. The molecule has 0 unspecified atom stereocenters. The summed E-state index contributed by atoms with van der Waals surface area (Å²) in [4.78, 5) is 12.8. The lowest BCUT2D eigenvalue weighted by atomic mass is 10.1. The Balaban J connectivity index is 2.07. The molecule has 0 radical (unpaired) electrons. The molecule has 5 nitrogen and oxygen atoms in total. The Morgan fingerprint density at radius 2 is 1.56 bits per heavy atom. The number of para-hydroxylation sites is 1. The summed E-state index contributed by atoms with van der Waals surface area (Å²) in [5.41, 5.74) is 1.27. The van der Waals surface area contributed by atoms with Gasteiger partial charge in [-0.2, -0.15) is 13.2 Å². The van der Waals surface area contributed by atoms with E-state index in [0.717, 1.165) is 28.8 Å². The first-order chi connectivity index (χ1) is 15.8. The summed E-state index contributed by atoms with van der Waals surface area (Å²) < 4.78 is 67.9. The number of carbonyl (C=O) groups excluding carboxylic acids is 1. The molecule has 1 N–H and O–H groups in total. The monoisotopic (exact) mass is 510 g/mol. The van der Waals surface area contributed by atoms with Crippen molar-refractivity contribution in [2.24, 2.45) is 0 Å². The Bertz CT molecular complexity index is 1300. The highest BCUT2D eigenvalue weighted by Crippen LogP contribution is 2.38. The van der Waals surface area contributed by atoms with Crippen LogP contribution in [-0.2, 0) is 21.0 Å². The number of nitrogens with one attached hydrogen (secondary N) is 1. The SMILES string of the molecule is Cc1ccc(S(=O)(=O)N(CC(=O)Nc2c(C)cccc2C)c2ccc(Cl)c(C(F)(F)F)c2)cc1. The van der Waals surface area contributed by atoms with E-state index >= 15 is 0 Å². The van der Waals surface area contributed by atoms with Crippen molar-refractivity contribution in [2.75, 3.05) is 16.2 Å². The van der Waals surface area contributed by atoms with Gasteiger partial charge in [0.05, 0.1) is 21.2 Å². The summed E-state index contributed by atoms with van der Waals surface area (Å²) in [5.74, 6) is -0.711. The number of nitrogens with zero attached hydrogens (tertiary/aromatic N) is 1. The van der Waals surface area contributed by atoms with Crippen LogP contribution in [0.5, 0.6) is 0 Å². The van der Waals surface area contributed by atoms with Crippen molar-refractivity contribution < 1.29 is 26.4 Å². The topological polar surface area (TPSA) is 66.5 Å². The summed E-state index contributed by atoms with van der Waals surface area (Å²) in [5, 5.41) is 2.09. The van der Waals surface area contributed by atoms with Gasteiger partial charge in [0.2, 0.25) is 5.91 Å². The fraction of sp³-hybridized carbons (Fsp3) is 0.208. The smallest absolute Gasteiger partial charge is 0.324 e. The molecule has 180 valence electrons. The number of rotatable bonds is 6. The minimum absolute atomic E-state index is 0.165. The third-order valence-electron chi connectivity index (χ3n) is 5.19. The van der Waals surface area contributed by atoms with Gasteiger partial charge in [0.25, 0.3) is 10.0 Å². The average molecular weight is 511 g/mol. The second-order valence-electron chi connectivity index (χ2n) is 7.80. The second kappa shape index (κ2) is 9.68. The first kappa shape index (κ1) is 25.6. The van der Waals surface area contributed by atoms with Crippen molar-refractivity contribution in [3.8, 4) is 0 Å². The zero-order chi connectivity index (χ0) is 25.3. The highest BCUT2D eigenvalue weighted by atomic mass is 35.5.